The number of para-hydroxylation sites is 1. The van der Waals surface area contributed by atoms with Crippen LogP contribution in [0.4, 0.5) is 5.69 Å². The highest BCUT2D eigenvalue weighted by molar-refractivity contribution is 6.29. The summed E-state index contributed by atoms with van der Waals surface area (Å²) in [7, 11) is 0. The number of rotatable bonds is 5. The molecule has 2 aromatic rings. The number of amides is 1. The lowest BCUT2D eigenvalue weighted by atomic mass is 9.98. The number of hydrogen-bond donors (Lipinski definition) is 1. The third kappa shape index (κ3) is 4.79. The molecule has 1 atom stereocenters. The van der Waals surface area contributed by atoms with Crippen molar-refractivity contribution in [2.75, 3.05) is 5.32 Å². The Bertz CT molecular complexity index is 773. The van der Waals surface area contributed by atoms with Gasteiger partial charge in [0.05, 0.1) is 5.56 Å². The Morgan fingerprint density at radius 2 is 1.88 bits per heavy atom. The number of esters is 1. The molecule has 6 heteroatoms. The number of nitrogens with zero attached hydrogens (tertiary/aromatic N) is 1. The van der Waals surface area contributed by atoms with Gasteiger partial charge in [-0.25, -0.2) is 9.78 Å². The molecule has 25 heavy (non-hydrogen) atoms. The third-order valence-electron chi connectivity index (χ3n) is 3.79. The fourth-order valence-electron chi connectivity index (χ4n) is 2.35. The zero-order valence-corrected chi connectivity index (χ0v) is 15.4. The maximum absolute atomic E-state index is 12.4. The zero-order chi connectivity index (χ0) is 18.6. The van der Waals surface area contributed by atoms with E-state index in [0.29, 0.717) is 0 Å². The van der Waals surface area contributed by atoms with Crippen molar-refractivity contribution in [2.24, 2.45) is 0 Å². The second-order valence-electron chi connectivity index (χ2n) is 6.10. The minimum absolute atomic E-state index is 0.239. The van der Waals surface area contributed by atoms with E-state index in [0.717, 1.165) is 16.8 Å². The average Bonchev–Trinajstić information content (AvgIpc) is 2.56. The van der Waals surface area contributed by atoms with Crippen LogP contribution in [0.15, 0.2) is 36.5 Å². The molecule has 0 bridgehead atoms. The van der Waals surface area contributed by atoms with Crippen LogP contribution in [-0.4, -0.2) is 23.0 Å². The molecular weight excluding hydrogens is 340 g/mol. The number of ether oxygens (including phenoxy) is 1. The number of benzene rings is 1. The number of hydrogen-bond acceptors (Lipinski definition) is 4. The molecule has 1 N–H and O–H groups in total. The van der Waals surface area contributed by atoms with Gasteiger partial charge in [-0.2, -0.15) is 0 Å². The van der Waals surface area contributed by atoms with Crippen LogP contribution in [-0.2, 0) is 9.53 Å². The van der Waals surface area contributed by atoms with E-state index in [1.807, 2.05) is 25.1 Å². The van der Waals surface area contributed by atoms with Gasteiger partial charge in [-0.05, 0) is 43.0 Å². The Morgan fingerprint density at radius 3 is 2.48 bits per heavy atom. The summed E-state index contributed by atoms with van der Waals surface area (Å²) < 4.78 is 5.22. The lowest BCUT2D eigenvalue weighted by Gasteiger charge is -2.19. The monoisotopic (exact) mass is 360 g/mol. The zero-order valence-electron chi connectivity index (χ0n) is 14.7. The molecule has 1 heterocycles. The van der Waals surface area contributed by atoms with Crippen LogP contribution in [0.3, 0.4) is 0 Å². The van der Waals surface area contributed by atoms with Crippen LogP contribution in [0, 0.1) is 6.92 Å². The van der Waals surface area contributed by atoms with Gasteiger partial charge in [0.15, 0.2) is 6.10 Å². The Balaban J connectivity index is 2.08. The number of halogens is 1. The number of carbonyl (C=O) groups excluding carboxylic acids is 2. The molecule has 0 saturated carbocycles. The normalized spacial score (nSPS) is 11.9. The Morgan fingerprint density at radius 1 is 1.16 bits per heavy atom. The van der Waals surface area contributed by atoms with Crippen molar-refractivity contribution in [3.05, 3.63) is 58.4 Å². The molecule has 1 aromatic carbocycles. The highest BCUT2D eigenvalue weighted by atomic mass is 35.5. The molecule has 0 aliphatic heterocycles. The molecule has 1 aromatic heterocycles. The van der Waals surface area contributed by atoms with E-state index in [1.54, 1.807) is 0 Å². The maximum Gasteiger partial charge on any atom is 0.340 e. The molecule has 0 spiro atoms. The summed E-state index contributed by atoms with van der Waals surface area (Å²) in [5.41, 5.74) is 3.00. The predicted octanol–water partition coefficient (Wildman–Crippen LogP) is 4.35. The topological polar surface area (TPSA) is 68.3 Å². The summed E-state index contributed by atoms with van der Waals surface area (Å²) in [5.74, 6) is -0.750. The summed E-state index contributed by atoms with van der Waals surface area (Å²) >= 11 is 5.69. The lowest BCUT2D eigenvalue weighted by Crippen LogP contribution is -2.30. The number of nitrogens with one attached hydrogen (secondary N) is 1. The van der Waals surface area contributed by atoms with Crippen LogP contribution in [0.25, 0.3) is 0 Å². The average molecular weight is 361 g/mol. The number of aromatic nitrogens is 1. The van der Waals surface area contributed by atoms with Gasteiger partial charge in [-0.3, -0.25) is 4.79 Å². The van der Waals surface area contributed by atoms with Crippen LogP contribution in [0.1, 0.15) is 48.2 Å². The lowest BCUT2D eigenvalue weighted by molar-refractivity contribution is -0.123. The van der Waals surface area contributed by atoms with Crippen molar-refractivity contribution in [2.45, 2.75) is 39.7 Å². The SMILES string of the molecule is Cc1cccc(C(C)C)c1NC(=O)[C@@H](C)OC(=O)c1ccc(Cl)nc1. The molecule has 1 amide bonds. The number of aryl methyl sites for hydroxylation is 1. The van der Waals surface area contributed by atoms with Gasteiger partial charge in [0.25, 0.3) is 5.91 Å². The van der Waals surface area contributed by atoms with E-state index < -0.39 is 12.1 Å². The number of pyridine rings is 1. The van der Waals surface area contributed by atoms with E-state index in [-0.39, 0.29) is 22.5 Å². The quantitative estimate of drug-likeness (QED) is 0.635. The minimum atomic E-state index is -0.942. The van der Waals surface area contributed by atoms with E-state index >= 15 is 0 Å². The molecular formula is C19H21ClN2O3. The van der Waals surface area contributed by atoms with Crippen molar-refractivity contribution in [3.8, 4) is 0 Å². The maximum atomic E-state index is 12.4. The van der Waals surface area contributed by atoms with Gasteiger partial charge < -0.3 is 10.1 Å². The fourth-order valence-corrected chi connectivity index (χ4v) is 2.46. The summed E-state index contributed by atoms with van der Waals surface area (Å²) in [5, 5.41) is 3.15. The molecule has 5 nitrogen and oxygen atoms in total. The minimum Gasteiger partial charge on any atom is -0.449 e. The molecule has 2 rings (SSSR count). The molecule has 0 unspecified atom stereocenters. The van der Waals surface area contributed by atoms with Gasteiger partial charge in [0.2, 0.25) is 0 Å². The van der Waals surface area contributed by atoms with Crippen molar-refractivity contribution in [3.63, 3.8) is 0 Å². The third-order valence-corrected chi connectivity index (χ3v) is 4.01. The standard InChI is InChI=1S/C19H21ClN2O3/c1-11(2)15-7-5-6-12(3)17(15)22-18(23)13(4)25-19(24)14-8-9-16(20)21-10-14/h5-11,13H,1-4H3,(H,22,23)/t13-/m1/s1. The largest absolute Gasteiger partial charge is 0.449 e. The number of anilines is 1. The molecule has 0 aliphatic carbocycles. The molecule has 0 saturated heterocycles. The van der Waals surface area contributed by atoms with E-state index in [9.17, 15) is 9.59 Å². The Hall–Kier alpha value is -2.40. The van der Waals surface area contributed by atoms with Crippen molar-refractivity contribution >= 4 is 29.2 Å². The Labute approximate surface area is 152 Å². The van der Waals surface area contributed by atoms with Crippen LogP contribution >= 0.6 is 11.6 Å². The first-order chi connectivity index (χ1) is 11.8. The first kappa shape index (κ1) is 18.9. The van der Waals surface area contributed by atoms with E-state index in [2.05, 4.69) is 24.1 Å². The van der Waals surface area contributed by atoms with Gasteiger partial charge in [0.1, 0.15) is 5.15 Å². The van der Waals surface area contributed by atoms with Crippen molar-refractivity contribution < 1.29 is 14.3 Å². The fraction of sp³-hybridized carbons (Fsp3) is 0.316. The van der Waals surface area contributed by atoms with E-state index in [1.165, 1.54) is 25.3 Å². The summed E-state index contributed by atoms with van der Waals surface area (Å²) in [6, 6.07) is 8.85. The smallest absolute Gasteiger partial charge is 0.340 e. The Kier molecular flexibility index (Phi) is 6.15. The highest BCUT2D eigenvalue weighted by Crippen LogP contribution is 2.27. The summed E-state index contributed by atoms with van der Waals surface area (Å²) in [4.78, 5) is 28.3. The first-order valence-electron chi connectivity index (χ1n) is 8.02. The highest BCUT2D eigenvalue weighted by Gasteiger charge is 2.21. The van der Waals surface area contributed by atoms with Gasteiger partial charge >= 0.3 is 5.97 Å². The van der Waals surface area contributed by atoms with Crippen LogP contribution < -0.4 is 5.32 Å². The van der Waals surface area contributed by atoms with Crippen LogP contribution in [0.5, 0.6) is 0 Å². The molecule has 0 fully saturated rings. The van der Waals surface area contributed by atoms with Crippen molar-refractivity contribution in [1.29, 1.82) is 0 Å². The predicted molar refractivity (Wildman–Crippen MR) is 98.0 cm³/mol. The summed E-state index contributed by atoms with van der Waals surface area (Å²) in [6.07, 6.45) is 0.371. The second-order valence-corrected chi connectivity index (χ2v) is 6.49. The van der Waals surface area contributed by atoms with Crippen molar-refractivity contribution in [1.82, 2.24) is 4.98 Å². The molecule has 0 radical (unpaired) electrons. The summed E-state index contributed by atoms with van der Waals surface area (Å²) in [6.45, 7) is 7.57. The van der Waals surface area contributed by atoms with E-state index in [4.69, 9.17) is 16.3 Å². The van der Waals surface area contributed by atoms with Gasteiger partial charge in [0, 0.05) is 11.9 Å². The van der Waals surface area contributed by atoms with Crippen LogP contribution in [0.2, 0.25) is 5.15 Å². The van der Waals surface area contributed by atoms with Gasteiger partial charge in [-0.1, -0.05) is 43.6 Å². The number of carbonyl (C=O) groups is 2. The first-order valence-corrected chi connectivity index (χ1v) is 8.40. The van der Waals surface area contributed by atoms with Gasteiger partial charge in [-0.15, -0.1) is 0 Å². The second kappa shape index (κ2) is 8.12. The molecule has 0 aliphatic rings. The molecule has 132 valence electrons.